The van der Waals surface area contributed by atoms with Crippen LogP contribution in [-0.2, 0) is 6.18 Å². The molecule has 0 saturated heterocycles. The molecule has 0 bridgehead atoms. The minimum atomic E-state index is -4.65. The van der Waals surface area contributed by atoms with Gasteiger partial charge in [0.15, 0.2) is 0 Å². The van der Waals surface area contributed by atoms with Gasteiger partial charge in [0.1, 0.15) is 5.15 Å². The monoisotopic (exact) mass is 334 g/mol. The summed E-state index contributed by atoms with van der Waals surface area (Å²) >= 11 is 11.3. The Kier molecular flexibility index (Phi) is 4.39. The summed E-state index contributed by atoms with van der Waals surface area (Å²) in [5.74, 6) is -0.791. The lowest BCUT2D eigenvalue weighted by Gasteiger charge is -2.14. The van der Waals surface area contributed by atoms with Gasteiger partial charge in [0.2, 0.25) is 0 Å². The van der Waals surface area contributed by atoms with Gasteiger partial charge in [0.05, 0.1) is 16.8 Å². The molecule has 0 aliphatic rings. The van der Waals surface area contributed by atoms with Gasteiger partial charge < -0.3 is 5.32 Å². The molecule has 0 atom stereocenters. The van der Waals surface area contributed by atoms with Crippen LogP contribution in [-0.4, -0.2) is 10.9 Å². The fraction of sp³-hybridized carbons (Fsp3) is 0.0769. The number of anilines is 1. The minimum absolute atomic E-state index is 0.0257. The van der Waals surface area contributed by atoms with E-state index in [1.807, 2.05) is 0 Å². The highest BCUT2D eigenvalue weighted by molar-refractivity contribution is 6.33. The molecule has 0 aliphatic heterocycles. The van der Waals surface area contributed by atoms with Crippen molar-refractivity contribution in [2.24, 2.45) is 0 Å². The van der Waals surface area contributed by atoms with Gasteiger partial charge in [-0.15, -0.1) is 0 Å². The molecule has 0 aliphatic carbocycles. The van der Waals surface area contributed by atoms with Crippen molar-refractivity contribution in [1.29, 1.82) is 0 Å². The lowest BCUT2D eigenvalue weighted by molar-refractivity contribution is -0.136. The number of hydrogen-bond acceptors (Lipinski definition) is 2. The maximum Gasteiger partial charge on any atom is 0.418 e. The zero-order valence-corrected chi connectivity index (χ0v) is 11.7. The van der Waals surface area contributed by atoms with Gasteiger partial charge in [-0.3, -0.25) is 4.79 Å². The Morgan fingerprint density at radius 3 is 2.52 bits per heavy atom. The van der Waals surface area contributed by atoms with Crippen LogP contribution in [0.2, 0.25) is 10.2 Å². The average molecular weight is 335 g/mol. The van der Waals surface area contributed by atoms with E-state index in [1.165, 1.54) is 24.4 Å². The Morgan fingerprint density at radius 2 is 1.90 bits per heavy atom. The van der Waals surface area contributed by atoms with Crippen LogP contribution in [0.4, 0.5) is 18.9 Å². The Morgan fingerprint density at radius 1 is 1.19 bits per heavy atom. The number of alkyl halides is 3. The lowest BCUT2D eigenvalue weighted by Crippen LogP contribution is -2.17. The molecule has 1 aromatic heterocycles. The number of amides is 1. The van der Waals surface area contributed by atoms with E-state index in [0.29, 0.717) is 0 Å². The predicted molar refractivity (Wildman–Crippen MR) is 73.7 cm³/mol. The number of nitrogens with one attached hydrogen (secondary N) is 1. The van der Waals surface area contributed by atoms with E-state index in [2.05, 4.69) is 10.3 Å². The number of halogens is 5. The molecule has 3 nitrogen and oxygen atoms in total. The molecule has 8 heteroatoms. The molecule has 0 unspecified atom stereocenters. The van der Waals surface area contributed by atoms with E-state index >= 15 is 0 Å². The number of pyridine rings is 1. The van der Waals surface area contributed by atoms with Crippen molar-refractivity contribution in [3.63, 3.8) is 0 Å². The molecule has 21 heavy (non-hydrogen) atoms. The summed E-state index contributed by atoms with van der Waals surface area (Å²) in [5, 5.41) is 1.98. The van der Waals surface area contributed by atoms with Gasteiger partial charge >= 0.3 is 6.18 Å². The summed E-state index contributed by atoms with van der Waals surface area (Å²) in [5.41, 5.74) is -1.47. The van der Waals surface area contributed by atoms with Crippen molar-refractivity contribution in [2.45, 2.75) is 6.18 Å². The third kappa shape index (κ3) is 3.65. The number of rotatable bonds is 2. The second-order valence-electron chi connectivity index (χ2n) is 3.98. The molecule has 2 aromatic rings. The number of benzene rings is 1. The average Bonchev–Trinajstić information content (AvgIpc) is 2.40. The predicted octanol–water partition coefficient (Wildman–Crippen LogP) is 4.66. The van der Waals surface area contributed by atoms with Crippen LogP contribution in [0.3, 0.4) is 0 Å². The van der Waals surface area contributed by atoms with Gasteiger partial charge in [-0.25, -0.2) is 4.98 Å². The molecule has 1 heterocycles. The molecule has 0 fully saturated rings. The smallest absolute Gasteiger partial charge is 0.321 e. The summed E-state index contributed by atoms with van der Waals surface area (Å²) in [6.45, 7) is 0. The molecule has 1 aromatic carbocycles. The third-order valence-corrected chi connectivity index (χ3v) is 3.08. The van der Waals surface area contributed by atoms with Crippen molar-refractivity contribution in [2.75, 3.05) is 5.32 Å². The zero-order valence-electron chi connectivity index (χ0n) is 10.2. The van der Waals surface area contributed by atoms with Crippen LogP contribution in [0.5, 0.6) is 0 Å². The molecule has 1 amide bonds. The van der Waals surface area contributed by atoms with Gasteiger partial charge in [-0.05, 0) is 30.3 Å². The maximum atomic E-state index is 12.9. The molecule has 0 saturated carbocycles. The Hall–Kier alpha value is -1.79. The number of aromatic nitrogens is 1. The molecular formula is C13H7Cl2F3N2O. The molecule has 0 radical (unpaired) electrons. The van der Waals surface area contributed by atoms with Crippen LogP contribution in [0.25, 0.3) is 0 Å². The SMILES string of the molecule is O=C(Nc1ccc(Cl)cc1C(F)(F)F)c1cccnc1Cl. The molecule has 1 N–H and O–H groups in total. The van der Waals surface area contributed by atoms with Crippen molar-refractivity contribution >= 4 is 34.8 Å². The van der Waals surface area contributed by atoms with Gasteiger partial charge in [0.25, 0.3) is 5.91 Å². The van der Waals surface area contributed by atoms with Crippen molar-refractivity contribution < 1.29 is 18.0 Å². The fourth-order valence-electron chi connectivity index (χ4n) is 1.61. The topological polar surface area (TPSA) is 42.0 Å². The number of hydrogen-bond donors (Lipinski definition) is 1. The minimum Gasteiger partial charge on any atom is -0.321 e. The second kappa shape index (κ2) is 5.91. The van der Waals surface area contributed by atoms with E-state index in [4.69, 9.17) is 23.2 Å². The van der Waals surface area contributed by atoms with Crippen LogP contribution < -0.4 is 5.32 Å². The zero-order chi connectivity index (χ0) is 15.6. The van der Waals surface area contributed by atoms with Crippen LogP contribution in [0, 0.1) is 0 Å². The highest BCUT2D eigenvalue weighted by Gasteiger charge is 2.34. The van der Waals surface area contributed by atoms with Crippen LogP contribution in [0.15, 0.2) is 36.5 Å². The van der Waals surface area contributed by atoms with Crippen molar-refractivity contribution in [3.05, 3.63) is 57.8 Å². The summed E-state index contributed by atoms with van der Waals surface area (Å²) in [6.07, 6.45) is -3.28. The molecule has 0 spiro atoms. The van der Waals surface area contributed by atoms with Crippen molar-refractivity contribution in [1.82, 2.24) is 4.98 Å². The Balaban J connectivity index is 2.36. The molecule has 110 valence electrons. The summed E-state index contributed by atoms with van der Waals surface area (Å²) < 4.78 is 38.7. The first-order chi connectivity index (χ1) is 9.79. The first-order valence-electron chi connectivity index (χ1n) is 5.57. The molecule has 2 rings (SSSR count). The number of carbonyl (C=O) groups is 1. The van der Waals surface area contributed by atoms with Crippen LogP contribution >= 0.6 is 23.2 Å². The van der Waals surface area contributed by atoms with Crippen LogP contribution in [0.1, 0.15) is 15.9 Å². The fourth-order valence-corrected chi connectivity index (χ4v) is 1.98. The van der Waals surface area contributed by atoms with E-state index in [9.17, 15) is 18.0 Å². The van der Waals surface area contributed by atoms with Gasteiger partial charge in [-0.1, -0.05) is 23.2 Å². The maximum absolute atomic E-state index is 12.9. The van der Waals surface area contributed by atoms with Gasteiger partial charge in [0, 0.05) is 11.2 Å². The summed E-state index contributed by atoms with van der Waals surface area (Å²) in [6, 6.07) is 5.87. The summed E-state index contributed by atoms with van der Waals surface area (Å²) in [4.78, 5) is 15.7. The van der Waals surface area contributed by atoms with E-state index in [0.717, 1.165) is 12.1 Å². The lowest BCUT2D eigenvalue weighted by atomic mass is 10.1. The van der Waals surface area contributed by atoms with E-state index in [1.54, 1.807) is 0 Å². The van der Waals surface area contributed by atoms with Crippen molar-refractivity contribution in [3.8, 4) is 0 Å². The summed E-state index contributed by atoms with van der Waals surface area (Å²) in [7, 11) is 0. The van der Waals surface area contributed by atoms with Gasteiger partial charge in [-0.2, -0.15) is 13.2 Å². The van der Waals surface area contributed by atoms with E-state index in [-0.39, 0.29) is 15.7 Å². The Labute approximate surface area is 127 Å². The highest BCUT2D eigenvalue weighted by atomic mass is 35.5. The molecular weight excluding hydrogens is 328 g/mol. The number of carbonyl (C=O) groups excluding carboxylic acids is 1. The first-order valence-corrected chi connectivity index (χ1v) is 6.33. The standard InChI is InChI=1S/C13H7Cl2F3N2O/c14-7-3-4-10(9(6-7)13(16,17)18)20-12(21)8-2-1-5-19-11(8)15/h1-6H,(H,20,21). The Bertz CT molecular complexity index is 689. The first kappa shape index (κ1) is 15.6. The quantitative estimate of drug-likeness (QED) is 0.811. The number of nitrogens with zero attached hydrogens (tertiary/aromatic N) is 1. The van der Waals surface area contributed by atoms with E-state index < -0.39 is 23.3 Å². The highest BCUT2D eigenvalue weighted by Crippen LogP contribution is 2.36. The normalized spacial score (nSPS) is 11.3. The second-order valence-corrected chi connectivity index (χ2v) is 4.78. The largest absolute Gasteiger partial charge is 0.418 e. The third-order valence-electron chi connectivity index (χ3n) is 2.54.